The second-order valence-electron chi connectivity index (χ2n) is 3.36. The molecule has 0 aliphatic heterocycles. The number of rotatable bonds is 3. The average Bonchev–Trinajstić information content (AvgIpc) is 2.03. The molecule has 0 aromatic heterocycles. The quantitative estimate of drug-likeness (QED) is 0.813. The second-order valence-corrected chi connectivity index (χ2v) is 3.36. The van der Waals surface area contributed by atoms with Crippen LogP contribution in [-0.4, -0.2) is 0 Å². The van der Waals surface area contributed by atoms with Gasteiger partial charge < -0.3 is 5.32 Å². The van der Waals surface area contributed by atoms with Crippen LogP contribution in [0.2, 0.25) is 0 Å². The first-order valence-corrected chi connectivity index (χ1v) is 4.26. The summed E-state index contributed by atoms with van der Waals surface area (Å²) in [6.07, 6.45) is 1.08. The van der Waals surface area contributed by atoms with Gasteiger partial charge in [-0.1, -0.05) is 13.8 Å². The number of hydrogen-bond donors (Lipinski definition) is 1. The third-order valence-corrected chi connectivity index (χ3v) is 1.67. The number of anilines is 1. The van der Waals surface area contributed by atoms with E-state index in [1.54, 1.807) is 0 Å². The molecular weight excluding hydrogens is 235 g/mol. The zero-order valence-corrected chi connectivity index (χ0v) is 11.1. The molecule has 0 aliphatic rings. The molecule has 0 aliphatic carbocycles. The van der Waals surface area contributed by atoms with Gasteiger partial charge in [-0.25, -0.2) is 0 Å². The molecule has 0 saturated heterocycles. The third-order valence-electron chi connectivity index (χ3n) is 1.67. The topological polar surface area (TPSA) is 12.0 Å². The van der Waals surface area contributed by atoms with Gasteiger partial charge in [0.25, 0.3) is 0 Å². The van der Waals surface area contributed by atoms with E-state index in [1.807, 2.05) is 12.1 Å². The Morgan fingerprint density at radius 2 is 2.15 bits per heavy atom. The summed E-state index contributed by atoms with van der Waals surface area (Å²) in [4.78, 5) is 0. The van der Waals surface area contributed by atoms with Crippen LogP contribution < -0.4 is 5.32 Å². The third kappa shape index (κ3) is 4.78. The molecule has 0 atom stereocenters. The molecule has 13 heavy (non-hydrogen) atoms. The van der Waals surface area contributed by atoms with Crippen LogP contribution >= 0.6 is 0 Å². The number of nitrogens with one attached hydrogen (secondary N) is 1. The zero-order chi connectivity index (χ0) is 8.97. The minimum Gasteiger partial charge on any atom is -0.558 e. The summed E-state index contributed by atoms with van der Waals surface area (Å²) in [5, 5.41) is 2.84. The predicted molar refractivity (Wildman–Crippen MR) is 52.8 cm³/mol. The van der Waals surface area contributed by atoms with Crippen molar-refractivity contribution in [3.8, 4) is 0 Å². The van der Waals surface area contributed by atoms with Crippen molar-refractivity contribution in [2.45, 2.75) is 20.3 Å². The molecule has 0 fully saturated rings. The van der Waals surface area contributed by atoms with Crippen LogP contribution in [0.1, 0.15) is 19.4 Å². The fourth-order valence-corrected chi connectivity index (χ4v) is 1.18. The van der Waals surface area contributed by atoms with Gasteiger partial charge in [0.2, 0.25) is 0 Å². The molecule has 0 unspecified atom stereocenters. The Kier molecular flexibility index (Phi) is 6.62. The Balaban J connectivity index is 0.00000144. The van der Waals surface area contributed by atoms with Gasteiger partial charge in [-0.3, -0.25) is 7.05 Å². The van der Waals surface area contributed by atoms with E-state index in [4.69, 9.17) is 0 Å². The molecule has 0 heterocycles. The standard InChI is InChI=1S/C11H15N.Y/c1-9(2)7-10-5-4-6-11(8-10)12-3;/h4-6,9,12H,3,7H2,1-2H3;/q-2;. The van der Waals surface area contributed by atoms with Crippen LogP contribution in [0.25, 0.3) is 0 Å². The Labute approximate surface area is 106 Å². The molecule has 0 spiro atoms. The Morgan fingerprint density at radius 1 is 1.46 bits per heavy atom. The predicted octanol–water partition coefficient (Wildman–Crippen LogP) is 2.89. The fraction of sp³-hybridized carbons (Fsp3) is 0.364. The molecule has 1 radical (unpaired) electrons. The van der Waals surface area contributed by atoms with E-state index in [2.05, 4.69) is 38.3 Å². The van der Waals surface area contributed by atoms with E-state index in [1.165, 1.54) is 5.56 Å². The minimum atomic E-state index is 0. The van der Waals surface area contributed by atoms with Crippen molar-refractivity contribution in [2.75, 3.05) is 5.32 Å². The molecule has 1 rings (SSSR count). The van der Waals surface area contributed by atoms with Gasteiger partial charge in [-0.15, -0.1) is 5.69 Å². The van der Waals surface area contributed by atoms with Gasteiger partial charge >= 0.3 is 0 Å². The number of hydrogen-bond acceptors (Lipinski definition) is 1. The molecule has 0 amide bonds. The molecule has 1 N–H and O–H groups in total. The van der Waals surface area contributed by atoms with E-state index >= 15 is 0 Å². The van der Waals surface area contributed by atoms with Crippen LogP contribution in [0.15, 0.2) is 18.2 Å². The maximum Gasteiger partial charge on any atom is 0 e. The van der Waals surface area contributed by atoms with Crippen LogP contribution in [0.5, 0.6) is 0 Å². The van der Waals surface area contributed by atoms with Gasteiger partial charge in [-0.05, 0) is 12.3 Å². The maximum atomic E-state index is 3.59. The zero-order valence-electron chi connectivity index (χ0n) is 8.30. The van der Waals surface area contributed by atoms with Gasteiger partial charge in [0.1, 0.15) is 0 Å². The molecule has 0 saturated carbocycles. The summed E-state index contributed by atoms with van der Waals surface area (Å²) in [5.41, 5.74) is 2.21. The summed E-state index contributed by atoms with van der Waals surface area (Å²) in [6.45, 7) is 4.41. The van der Waals surface area contributed by atoms with Crippen molar-refractivity contribution >= 4 is 5.69 Å². The largest absolute Gasteiger partial charge is 0.558 e. The first kappa shape index (κ1) is 13.1. The van der Waals surface area contributed by atoms with Gasteiger partial charge in [-0.2, -0.15) is 29.8 Å². The smallest absolute Gasteiger partial charge is 0 e. The van der Waals surface area contributed by atoms with Crippen molar-refractivity contribution in [1.82, 2.24) is 0 Å². The van der Waals surface area contributed by atoms with Crippen molar-refractivity contribution in [3.63, 3.8) is 0 Å². The molecular formula is C11H15NY-2. The Morgan fingerprint density at radius 3 is 2.69 bits per heavy atom. The first-order chi connectivity index (χ1) is 5.72. The molecule has 1 aromatic rings. The summed E-state index contributed by atoms with van der Waals surface area (Å²) in [7, 11) is 3.59. The van der Waals surface area contributed by atoms with E-state index in [0.29, 0.717) is 5.92 Å². The second kappa shape index (κ2) is 6.56. The van der Waals surface area contributed by atoms with Crippen molar-refractivity contribution in [1.29, 1.82) is 0 Å². The van der Waals surface area contributed by atoms with Gasteiger partial charge in [0.15, 0.2) is 0 Å². The van der Waals surface area contributed by atoms with Crippen molar-refractivity contribution in [3.05, 3.63) is 36.9 Å². The van der Waals surface area contributed by atoms with Crippen molar-refractivity contribution in [2.24, 2.45) is 5.92 Å². The van der Waals surface area contributed by atoms with Crippen LogP contribution in [0.3, 0.4) is 0 Å². The normalized spacial score (nSPS) is 9.54. The Bertz CT molecular complexity index is 246. The van der Waals surface area contributed by atoms with E-state index in [0.717, 1.165) is 12.1 Å². The van der Waals surface area contributed by atoms with E-state index in [9.17, 15) is 0 Å². The Hall–Kier alpha value is 0.124. The minimum absolute atomic E-state index is 0. The first-order valence-electron chi connectivity index (χ1n) is 4.26. The molecule has 0 bridgehead atoms. The molecule has 69 valence electrons. The SMILES string of the molecule is [CH2-]Nc1[c-]c(CC(C)C)ccc1.[Y]. The van der Waals surface area contributed by atoms with Crippen LogP contribution in [-0.2, 0) is 39.1 Å². The van der Waals surface area contributed by atoms with Crippen LogP contribution in [0.4, 0.5) is 5.69 Å². The number of benzene rings is 1. The molecule has 2 heteroatoms. The molecule has 1 nitrogen and oxygen atoms in total. The monoisotopic (exact) mass is 250 g/mol. The van der Waals surface area contributed by atoms with Gasteiger partial charge in [0, 0.05) is 32.7 Å². The van der Waals surface area contributed by atoms with E-state index < -0.39 is 0 Å². The fourth-order valence-electron chi connectivity index (χ4n) is 1.18. The van der Waals surface area contributed by atoms with E-state index in [-0.39, 0.29) is 32.7 Å². The summed E-state index contributed by atoms with van der Waals surface area (Å²) < 4.78 is 0. The van der Waals surface area contributed by atoms with Crippen molar-refractivity contribution < 1.29 is 32.7 Å². The maximum absolute atomic E-state index is 3.59. The summed E-state index contributed by atoms with van der Waals surface area (Å²) in [5.74, 6) is 0.682. The molecule has 1 aromatic carbocycles. The summed E-state index contributed by atoms with van der Waals surface area (Å²) in [6, 6.07) is 9.35. The van der Waals surface area contributed by atoms with Crippen LogP contribution in [0, 0.1) is 19.0 Å². The average molecular weight is 250 g/mol. The van der Waals surface area contributed by atoms with Gasteiger partial charge in [0.05, 0.1) is 0 Å². The summed E-state index contributed by atoms with van der Waals surface area (Å²) >= 11 is 0.